The van der Waals surface area contributed by atoms with E-state index in [1.54, 1.807) is 22.1 Å². The van der Waals surface area contributed by atoms with Crippen molar-refractivity contribution in [2.45, 2.75) is 32.0 Å². The number of halogens is 3. The van der Waals surface area contributed by atoms with Gasteiger partial charge in [0, 0.05) is 48.8 Å². The van der Waals surface area contributed by atoms with Gasteiger partial charge in [0.15, 0.2) is 0 Å². The van der Waals surface area contributed by atoms with E-state index in [0.29, 0.717) is 6.54 Å². The lowest BCUT2D eigenvalue weighted by Crippen LogP contribution is -2.48. The monoisotopic (exact) mass is 452 g/mol. The van der Waals surface area contributed by atoms with E-state index in [4.69, 9.17) is 9.90 Å². The number of nitrogens with one attached hydrogen (secondary N) is 1. The normalized spacial score (nSPS) is 19.3. The van der Waals surface area contributed by atoms with Crippen molar-refractivity contribution in [2.75, 3.05) is 24.5 Å². The fraction of sp³-hybridized carbons (Fsp3) is 0.429. The van der Waals surface area contributed by atoms with Gasteiger partial charge in [0.1, 0.15) is 12.1 Å². The molecule has 172 valence electrons. The van der Waals surface area contributed by atoms with Crippen LogP contribution in [0.15, 0.2) is 35.3 Å². The summed E-state index contributed by atoms with van der Waals surface area (Å²) < 4.78 is 38.6. The second kappa shape index (κ2) is 9.41. The summed E-state index contributed by atoms with van der Waals surface area (Å²) in [6.07, 6.45) is -1.80. The van der Waals surface area contributed by atoms with Crippen LogP contribution in [0.4, 0.5) is 18.9 Å². The van der Waals surface area contributed by atoms with Crippen molar-refractivity contribution in [3.63, 3.8) is 0 Å². The van der Waals surface area contributed by atoms with Gasteiger partial charge in [-0.15, -0.1) is 0 Å². The van der Waals surface area contributed by atoms with Gasteiger partial charge in [0.05, 0.1) is 0 Å². The Labute approximate surface area is 181 Å². The molecule has 11 heteroatoms. The summed E-state index contributed by atoms with van der Waals surface area (Å²) in [5, 5.41) is 8.67. The molecule has 1 saturated heterocycles. The van der Waals surface area contributed by atoms with Crippen LogP contribution in [-0.4, -0.2) is 52.8 Å². The molecule has 2 aliphatic heterocycles. The van der Waals surface area contributed by atoms with Gasteiger partial charge in [0.2, 0.25) is 0 Å². The molecule has 0 unspecified atom stereocenters. The Kier molecular flexibility index (Phi) is 6.85. The Morgan fingerprint density at radius 3 is 2.66 bits per heavy atom. The Hall–Kier alpha value is -3.37. The van der Waals surface area contributed by atoms with Crippen LogP contribution in [0.3, 0.4) is 0 Å². The van der Waals surface area contributed by atoms with Crippen LogP contribution in [0.25, 0.3) is 0 Å². The number of aromatic nitrogens is 2. The third-order valence-corrected chi connectivity index (χ3v) is 5.54. The molecule has 2 aliphatic rings. The molecule has 2 atom stereocenters. The first-order valence-corrected chi connectivity index (χ1v) is 9.97. The topological polar surface area (TPSA) is 105 Å². The minimum atomic E-state index is -4.52. The number of anilines is 1. The molecule has 2 N–H and O–H groups in total. The highest BCUT2D eigenvalue weighted by atomic mass is 19.4. The number of aryl methyl sites for hydroxylation is 1. The molecule has 0 saturated carbocycles. The molecular formula is C21H23F3N4O4. The van der Waals surface area contributed by atoms with Crippen molar-refractivity contribution in [3.05, 3.63) is 57.8 Å². The number of carbonyl (C=O) groups excluding carboxylic acids is 1. The maximum absolute atomic E-state index is 12.8. The van der Waals surface area contributed by atoms with Crippen LogP contribution in [0.5, 0.6) is 0 Å². The number of hydrogen-bond donors (Lipinski definition) is 2. The molecule has 4 rings (SSSR count). The summed E-state index contributed by atoms with van der Waals surface area (Å²) >= 11 is 0. The molecule has 0 radical (unpaired) electrons. The molecule has 1 fully saturated rings. The van der Waals surface area contributed by atoms with Crippen molar-refractivity contribution in [1.82, 2.24) is 14.9 Å². The number of carboxylic acid groups (broad SMARTS) is 1. The Morgan fingerprint density at radius 1 is 1.28 bits per heavy atom. The number of pyridine rings is 2. The van der Waals surface area contributed by atoms with Crippen LogP contribution in [-0.2, 0) is 11.3 Å². The molecule has 4 heterocycles. The minimum Gasteiger partial charge on any atom is -0.483 e. The van der Waals surface area contributed by atoms with Crippen LogP contribution < -0.4 is 15.8 Å². The molecule has 32 heavy (non-hydrogen) atoms. The molecule has 2 aromatic rings. The molecule has 2 bridgehead atoms. The zero-order valence-electron chi connectivity index (χ0n) is 17.3. The number of piperidine rings is 1. The lowest BCUT2D eigenvalue weighted by atomic mass is 9.82. The van der Waals surface area contributed by atoms with E-state index in [0.717, 1.165) is 36.6 Å². The van der Waals surface area contributed by atoms with E-state index < -0.39 is 24.2 Å². The number of nitrogens with zero attached hydrogens (tertiary/aromatic N) is 3. The second-order valence-corrected chi connectivity index (χ2v) is 7.85. The van der Waals surface area contributed by atoms with E-state index in [9.17, 15) is 22.8 Å². The third-order valence-electron chi connectivity index (χ3n) is 5.54. The first-order valence-electron chi connectivity index (χ1n) is 9.97. The number of carbonyl (C=O) groups is 2. The van der Waals surface area contributed by atoms with E-state index in [2.05, 4.69) is 9.88 Å². The zero-order chi connectivity index (χ0) is 23.5. The van der Waals surface area contributed by atoms with Crippen LogP contribution in [0, 0.1) is 12.8 Å². The molecule has 0 aliphatic carbocycles. The largest absolute Gasteiger partial charge is 0.483 e. The fourth-order valence-electron chi connectivity index (χ4n) is 4.33. The number of alkyl halides is 3. The Morgan fingerprint density at radius 2 is 2.00 bits per heavy atom. The van der Waals surface area contributed by atoms with E-state index in [1.165, 1.54) is 6.07 Å². The predicted octanol–water partition coefficient (Wildman–Crippen LogP) is 2.17. The minimum absolute atomic E-state index is 0.121. The molecule has 0 spiro atoms. The molecular weight excluding hydrogens is 429 g/mol. The summed E-state index contributed by atoms with van der Waals surface area (Å²) in [7, 11) is 0. The number of hydrogen-bond acceptors (Lipinski definition) is 5. The molecule has 1 amide bonds. The SMILES string of the molecule is Cc1cc(N2C[C@@H]3C[C@H](C2)c2ccc(C(=O)NCC(F)(F)F)c(=O)n2C3)ccn1.O=CO. The first-order chi connectivity index (χ1) is 15.1. The van der Waals surface area contributed by atoms with Crippen molar-refractivity contribution < 1.29 is 27.9 Å². The van der Waals surface area contributed by atoms with Crippen molar-refractivity contribution in [2.24, 2.45) is 5.92 Å². The van der Waals surface area contributed by atoms with Gasteiger partial charge in [-0.25, -0.2) is 0 Å². The van der Waals surface area contributed by atoms with Gasteiger partial charge in [-0.1, -0.05) is 0 Å². The number of rotatable bonds is 3. The van der Waals surface area contributed by atoms with Gasteiger partial charge < -0.3 is 19.9 Å². The van der Waals surface area contributed by atoms with Gasteiger partial charge >= 0.3 is 6.18 Å². The Bertz CT molecular complexity index is 1050. The summed E-state index contributed by atoms with van der Waals surface area (Å²) in [6, 6.07) is 7.04. The standard InChI is InChI=1S/C20H21F3N4O2.CH2O2/c1-12-6-15(4-5-24-12)26-8-13-7-14(10-26)17-3-2-16(19(29)27(17)9-13)18(28)25-11-20(21,22)23;2-1-3/h2-6,13-14H,7-11H2,1H3,(H,25,28);1H,(H,2,3)/t13-,14+;/m0./s1. The van der Waals surface area contributed by atoms with Crippen molar-refractivity contribution in [1.29, 1.82) is 0 Å². The van der Waals surface area contributed by atoms with Crippen molar-refractivity contribution >= 4 is 18.1 Å². The van der Waals surface area contributed by atoms with E-state index in [-0.39, 0.29) is 23.9 Å². The summed E-state index contributed by atoms with van der Waals surface area (Å²) in [5.74, 6) is -0.649. The second-order valence-electron chi connectivity index (χ2n) is 7.85. The van der Waals surface area contributed by atoms with Gasteiger partial charge in [0.25, 0.3) is 17.9 Å². The maximum atomic E-state index is 12.8. The fourth-order valence-corrected chi connectivity index (χ4v) is 4.33. The highest BCUT2D eigenvalue weighted by Crippen LogP contribution is 2.37. The highest BCUT2D eigenvalue weighted by molar-refractivity contribution is 5.93. The average molecular weight is 452 g/mol. The van der Waals surface area contributed by atoms with Crippen molar-refractivity contribution in [3.8, 4) is 0 Å². The highest BCUT2D eigenvalue weighted by Gasteiger charge is 2.36. The van der Waals surface area contributed by atoms with E-state index in [1.807, 2.05) is 19.1 Å². The lowest BCUT2D eigenvalue weighted by Gasteiger charge is -2.44. The summed E-state index contributed by atoms with van der Waals surface area (Å²) in [4.78, 5) is 39.8. The smallest absolute Gasteiger partial charge is 0.405 e. The van der Waals surface area contributed by atoms with Gasteiger partial charge in [-0.05, 0) is 43.5 Å². The summed E-state index contributed by atoms with van der Waals surface area (Å²) in [5.41, 5.74) is 2.08. The lowest BCUT2D eigenvalue weighted by molar-refractivity contribution is -0.123. The van der Waals surface area contributed by atoms with Gasteiger partial charge in [-0.3, -0.25) is 19.4 Å². The zero-order valence-corrected chi connectivity index (χ0v) is 17.3. The summed E-state index contributed by atoms with van der Waals surface area (Å²) in [6.45, 7) is 2.19. The average Bonchev–Trinajstić information content (AvgIpc) is 2.73. The first kappa shape index (κ1) is 23.3. The predicted molar refractivity (Wildman–Crippen MR) is 110 cm³/mol. The third kappa shape index (κ3) is 5.27. The molecule has 0 aromatic carbocycles. The van der Waals surface area contributed by atoms with Crippen LogP contribution >= 0.6 is 0 Å². The number of fused-ring (bicyclic) bond motifs is 4. The maximum Gasteiger partial charge on any atom is 0.405 e. The van der Waals surface area contributed by atoms with Crippen LogP contribution in [0.2, 0.25) is 0 Å². The molecule has 2 aromatic heterocycles. The molecule has 8 nitrogen and oxygen atoms in total. The van der Waals surface area contributed by atoms with Crippen LogP contribution in [0.1, 0.15) is 34.1 Å². The Balaban J connectivity index is 0.000000913. The quantitative estimate of drug-likeness (QED) is 0.692. The number of amides is 1. The van der Waals surface area contributed by atoms with Gasteiger partial charge in [-0.2, -0.15) is 13.2 Å². The van der Waals surface area contributed by atoms with E-state index >= 15 is 0 Å².